The van der Waals surface area contributed by atoms with Crippen LogP contribution in [0.1, 0.15) is 17.4 Å². The normalized spacial score (nSPS) is 11.8. The van der Waals surface area contributed by atoms with Gasteiger partial charge in [0.25, 0.3) is 0 Å². The van der Waals surface area contributed by atoms with Crippen LogP contribution in [0.4, 0.5) is 0 Å². The predicted octanol–water partition coefficient (Wildman–Crippen LogP) is 1.03. The third kappa shape index (κ3) is 2.72. The molecule has 0 amide bonds. The molecule has 0 radical (unpaired) electrons. The minimum absolute atomic E-state index is 0.194. The minimum atomic E-state index is -3.47. The minimum Gasteiger partial charge on any atom is -0.296 e. The zero-order valence-electron chi connectivity index (χ0n) is 12.0. The van der Waals surface area contributed by atoms with Gasteiger partial charge in [0.05, 0.1) is 10.6 Å². The molecule has 0 aliphatic rings. The van der Waals surface area contributed by atoms with Crippen molar-refractivity contribution in [2.24, 2.45) is 0 Å². The van der Waals surface area contributed by atoms with Gasteiger partial charge in [-0.2, -0.15) is 0 Å². The summed E-state index contributed by atoms with van der Waals surface area (Å²) in [4.78, 5) is 11.2. The first-order chi connectivity index (χ1) is 9.91. The molecular weight excluding hydrogens is 292 g/mol. The Hall–Kier alpha value is -2.06. The van der Waals surface area contributed by atoms with Crippen molar-refractivity contribution in [2.75, 3.05) is 14.1 Å². The quantitative estimate of drug-likeness (QED) is 0.770. The maximum atomic E-state index is 12.0. The van der Waals surface area contributed by atoms with Gasteiger partial charge in [0.2, 0.25) is 10.0 Å². The van der Waals surface area contributed by atoms with Crippen molar-refractivity contribution in [3.8, 4) is 11.3 Å². The first kappa shape index (κ1) is 15.3. The van der Waals surface area contributed by atoms with Gasteiger partial charge in [-0.1, -0.05) is 17.3 Å². The van der Waals surface area contributed by atoms with E-state index in [2.05, 4.69) is 10.3 Å². The average Bonchev–Trinajstić information content (AvgIpc) is 2.90. The molecule has 0 unspecified atom stereocenters. The average molecular weight is 308 g/mol. The van der Waals surface area contributed by atoms with Crippen molar-refractivity contribution in [3.63, 3.8) is 0 Å². The summed E-state index contributed by atoms with van der Waals surface area (Å²) in [6.45, 7) is 2.45. The third-order valence-corrected chi connectivity index (χ3v) is 4.91. The lowest BCUT2D eigenvalue weighted by molar-refractivity contribution is 0.111. The maximum Gasteiger partial charge on any atom is 0.242 e. The number of hydrogen-bond donors (Lipinski definition) is 0. The van der Waals surface area contributed by atoms with Crippen LogP contribution in [0.5, 0.6) is 0 Å². The highest BCUT2D eigenvalue weighted by Crippen LogP contribution is 2.23. The van der Waals surface area contributed by atoms with E-state index >= 15 is 0 Å². The highest BCUT2D eigenvalue weighted by Gasteiger charge is 2.18. The molecule has 0 aliphatic carbocycles. The monoisotopic (exact) mass is 308 g/mol. The van der Waals surface area contributed by atoms with Gasteiger partial charge in [0.1, 0.15) is 0 Å². The van der Waals surface area contributed by atoms with E-state index in [1.54, 1.807) is 16.8 Å². The van der Waals surface area contributed by atoms with Crippen molar-refractivity contribution >= 4 is 16.3 Å². The van der Waals surface area contributed by atoms with E-state index in [0.717, 1.165) is 4.31 Å². The summed E-state index contributed by atoms with van der Waals surface area (Å²) in [5.74, 6) is 0. The van der Waals surface area contributed by atoms with Crippen LogP contribution in [0.25, 0.3) is 11.3 Å². The molecule has 1 aromatic heterocycles. The summed E-state index contributed by atoms with van der Waals surface area (Å²) in [5, 5.41) is 7.69. The largest absolute Gasteiger partial charge is 0.296 e. The van der Waals surface area contributed by atoms with Gasteiger partial charge < -0.3 is 0 Å². The lowest BCUT2D eigenvalue weighted by Gasteiger charge is -2.12. The molecule has 0 N–H and O–H groups in total. The summed E-state index contributed by atoms with van der Waals surface area (Å²) >= 11 is 0. The number of carbonyl (C=O) groups excluding carboxylic acids is 1. The molecule has 0 fully saturated rings. The number of aldehydes is 1. The number of rotatable bonds is 5. The van der Waals surface area contributed by atoms with Gasteiger partial charge >= 0.3 is 0 Å². The second-order valence-corrected chi connectivity index (χ2v) is 6.72. The molecule has 0 atom stereocenters. The molecule has 21 heavy (non-hydrogen) atoms. The van der Waals surface area contributed by atoms with Crippen LogP contribution in [0.2, 0.25) is 0 Å². The summed E-state index contributed by atoms with van der Waals surface area (Å²) in [5.41, 5.74) is 1.52. The fourth-order valence-corrected chi connectivity index (χ4v) is 2.82. The summed E-state index contributed by atoms with van der Waals surface area (Å²) in [6, 6.07) is 6.31. The summed E-state index contributed by atoms with van der Waals surface area (Å²) in [7, 11) is -0.516. The SMILES string of the molecule is CCn1nnc(C=O)c1-c1ccc(S(=O)(=O)N(C)C)cc1. The molecule has 112 valence electrons. The van der Waals surface area contributed by atoms with E-state index in [-0.39, 0.29) is 10.6 Å². The first-order valence-corrected chi connectivity index (χ1v) is 7.77. The van der Waals surface area contributed by atoms with Crippen molar-refractivity contribution in [2.45, 2.75) is 18.4 Å². The van der Waals surface area contributed by atoms with Crippen LogP contribution >= 0.6 is 0 Å². The van der Waals surface area contributed by atoms with Crippen LogP contribution in [-0.2, 0) is 16.6 Å². The number of carbonyl (C=O) groups is 1. The smallest absolute Gasteiger partial charge is 0.242 e. The molecule has 0 spiro atoms. The maximum absolute atomic E-state index is 12.0. The van der Waals surface area contributed by atoms with Gasteiger partial charge in [-0.05, 0) is 19.1 Å². The number of sulfonamides is 1. The van der Waals surface area contributed by atoms with Crippen LogP contribution in [-0.4, -0.2) is 48.1 Å². The van der Waals surface area contributed by atoms with Crippen LogP contribution < -0.4 is 0 Å². The van der Waals surface area contributed by atoms with Gasteiger partial charge in [0, 0.05) is 26.2 Å². The van der Waals surface area contributed by atoms with Crippen molar-refractivity contribution in [1.82, 2.24) is 19.3 Å². The molecule has 7 nitrogen and oxygen atoms in total. The lowest BCUT2D eigenvalue weighted by atomic mass is 10.1. The summed E-state index contributed by atoms with van der Waals surface area (Å²) < 4.78 is 26.8. The van der Waals surface area contributed by atoms with Crippen molar-refractivity contribution in [1.29, 1.82) is 0 Å². The van der Waals surface area contributed by atoms with E-state index < -0.39 is 10.0 Å². The molecule has 1 aromatic carbocycles. The Morgan fingerprint density at radius 3 is 2.33 bits per heavy atom. The topological polar surface area (TPSA) is 85.2 Å². The molecule has 1 heterocycles. The second-order valence-electron chi connectivity index (χ2n) is 4.57. The Bertz CT molecular complexity index is 748. The molecule has 0 saturated heterocycles. The van der Waals surface area contributed by atoms with E-state index in [4.69, 9.17) is 0 Å². The van der Waals surface area contributed by atoms with Gasteiger partial charge in [0.15, 0.2) is 12.0 Å². The number of benzene rings is 1. The van der Waals surface area contributed by atoms with E-state index in [0.29, 0.717) is 24.1 Å². The van der Waals surface area contributed by atoms with Crippen LogP contribution in [0.3, 0.4) is 0 Å². The fraction of sp³-hybridized carbons (Fsp3) is 0.308. The number of hydrogen-bond acceptors (Lipinski definition) is 5. The standard InChI is InChI=1S/C13H16N4O3S/c1-4-17-13(12(9-18)14-15-17)10-5-7-11(8-6-10)21(19,20)16(2)3/h5-9H,4H2,1-3H3. The molecule has 8 heteroatoms. The number of aromatic nitrogens is 3. The molecular formula is C13H16N4O3S. The lowest BCUT2D eigenvalue weighted by Crippen LogP contribution is -2.22. The Labute approximate surface area is 123 Å². The Balaban J connectivity index is 2.50. The molecule has 0 bridgehead atoms. The van der Waals surface area contributed by atoms with E-state index in [9.17, 15) is 13.2 Å². The van der Waals surface area contributed by atoms with Crippen LogP contribution in [0, 0.1) is 0 Å². The molecule has 2 rings (SSSR count). The van der Waals surface area contributed by atoms with Crippen molar-refractivity contribution < 1.29 is 13.2 Å². The fourth-order valence-electron chi connectivity index (χ4n) is 1.92. The highest BCUT2D eigenvalue weighted by atomic mass is 32.2. The Morgan fingerprint density at radius 1 is 1.24 bits per heavy atom. The van der Waals surface area contributed by atoms with Gasteiger partial charge in [-0.3, -0.25) is 4.79 Å². The first-order valence-electron chi connectivity index (χ1n) is 6.33. The van der Waals surface area contributed by atoms with Gasteiger partial charge in [-0.25, -0.2) is 17.4 Å². The predicted molar refractivity (Wildman–Crippen MR) is 77.4 cm³/mol. The molecule has 2 aromatic rings. The van der Waals surface area contributed by atoms with E-state index in [1.165, 1.54) is 26.2 Å². The number of nitrogens with zero attached hydrogens (tertiary/aromatic N) is 4. The number of aryl methyl sites for hydroxylation is 1. The zero-order valence-corrected chi connectivity index (χ0v) is 12.8. The third-order valence-electron chi connectivity index (χ3n) is 3.08. The Kier molecular flexibility index (Phi) is 4.19. The molecule has 0 aliphatic heterocycles. The van der Waals surface area contributed by atoms with Crippen LogP contribution in [0.15, 0.2) is 29.2 Å². The molecule has 0 saturated carbocycles. The zero-order chi connectivity index (χ0) is 15.6. The highest BCUT2D eigenvalue weighted by molar-refractivity contribution is 7.89. The summed E-state index contributed by atoms with van der Waals surface area (Å²) in [6.07, 6.45) is 0.638. The Morgan fingerprint density at radius 2 is 1.86 bits per heavy atom. The van der Waals surface area contributed by atoms with Gasteiger partial charge in [-0.15, -0.1) is 5.10 Å². The second kappa shape index (κ2) is 5.74. The van der Waals surface area contributed by atoms with Crippen molar-refractivity contribution in [3.05, 3.63) is 30.0 Å². The van der Waals surface area contributed by atoms with E-state index in [1.807, 2.05) is 6.92 Å².